The first kappa shape index (κ1) is 19.9. The van der Waals surface area contributed by atoms with Crippen molar-refractivity contribution in [2.45, 2.75) is 13.0 Å². The second kappa shape index (κ2) is 8.96. The predicted octanol–water partition coefficient (Wildman–Crippen LogP) is 4.00. The fraction of sp³-hybridized carbons (Fsp3) is 0.136. The Balaban J connectivity index is 1.48. The fourth-order valence-corrected chi connectivity index (χ4v) is 3.58. The lowest BCUT2D eigenvalue weighted by molar-refractivity contribution is -0.116. The number of hydrogen-bond acceptors (Lipinski definition) is 4. The molecule has 30 heavy (non-hydrogen) atoms. The molecule has 2 N–H and O–H groups in total. The molecule has 0 fully saturated rings. The van der Waals surface area contributed by atoms with Gasteiger partial charge in [0.15, 0.2) is 5.76 Å². The van der Waals surface area contributed by atoms with Crippen LogP contribution in [0, 0.1) is 0 Å². The summed E-state index contributed by atoms with van der Waals surface area (Å²) in [6, 6.07) is 18.4. The smallest absolute Gasteiger partial charge is 0.286 e. The summed E-state index contributed by atoms with van der Waals surface area (Å²) in [6.45, 7) is 0.491. The Morgan fingerprint density at radius 1 is 1.07 bits per heavy atom. The van der Waals surface area contributed by atoms with Crippen LogP contribution < -0.4 is 10.6 Å². The van der Waals surface area contributed by atoms with Crippen LogP contribution in [0.4, 0.5) is 5.69 Å². The minimum Gasteiger partial charge on any atom is -0.459 e. The summed E-state index contributed by atoms with van der Waals surface area (Å²) in [4.78, 5) is 29.4. The number of fused-ring (bicyclic) bond motifs is 1. The van der Waals surface area contributed by atoms with Crippen molar-refractivity contribution in [3.05, 3.63) is 83.0 Å². The van der Waals surface area contributed by atoms with Crippen LogP contribution in [0.1, 0.15) is 16.4 Å². The van der Waals surface area contributed by atoms with E-state index in [1.807, 2.05) is 53.1 Å². The topological polar surface area (TPSA) is 89.2 Å². The number of imidazole rings is 1. The van der Waals surface area contributed by atoms with Crippen LogP contribution in [-0.2, 0) is 17.8 Å². The number of carbonyl (C=O) groups is 2. The van der Waals surface area contributed by atoms with Crippen LogP contribution in [0.25, 0.3) is 11.0 Å². The molecule has 4 aromatic rings. The first-order valence-corrected chi connectivity index (χ1v) is 10.2. The first-order chi connectivity index (χ1) is 14.6. The third-order valence-electron chi connectivity index (χ3n) is 4.52. The second-order valence-electron chi connectivity index (χ2n) is 6.64. The van der Waals surface area contributed by atoms with E-state index in [4.69, 9.17) is 4.42 Å². The van der Waals surface area contributed by atoms with Crippen LogP contribution in [0.3, 0.4) is 0 Å². The number of hydrogen-bond donors (Lipinski definition) is 2. The molecular formula is C22H19BrN4O3. The summed E-state index contributed by atoms with van der Waals surface area (Å²) in [5.41, 5.74) is 2.39. The number of aromatic nitrogens is 2. The standard InChI is InChI=1S/C22H19BrN4O3/c23-15-5-3-6-16(13-15)25-21(28)14-27-18-8-2-1-7-17(18)26-20(27)10-11-24-22(29)19-9-4-12-30-19/h1-9,12-13H,10-11,14H2,(H,24,29)(H,25,28). The quantitative estimate of drug-likeness (QED) is 0.430. The highest BCUT2D eigenvalue weighted by atomic mass is 79.9. The highest BCUT2D eigenvalue weighted by Gasteiger charge is 2.15. The summed E-state index contributed by atoms with van der Waals surface area (Å²) < 4.78 is 7.87. The van der Waals surface area contributed by atoms with Gasteiger partial charge in [-0.3, -0.25) is 9.59 Å². The SMILES string of the molecule is O=C(Cn1c(CCNC(=O)c2ccco2)nc2ccccc21)Nc1cccc(Br)c1. The van der Waals surface area contributed by atoms with E-state index in [1.54, 1.807) is 12.1 Å². The molecule has 2 heterocycles. The molecule has 2 aromatic carbocycles. The second-order valence-corrected chi connectivity index (χ2v) is 7.56. The van der Waals surface area contributed by atoms with Crippen LogP contribution in [0.15, 0.2) is 75.8 Å². The van der Waals surface area contributed by atoms with Crippen LogP contribution >= 0.6 is 15.9 Å². The average molecular weight is 467 g/mol. The van der Waals surface area contributed by atoms with E-state index in [-0.39, 0.29) is 24.1 Å². The molecule has 0 saturated carbocycles. The van der Waals surface area contributed by atoms with Gasteiger partial charge in [-0.25, -0.2) is 4.98 Å². The number of carbonyl (C=O) groups excluding carboxylic acids is 2. The van der Waals surface area contributed by atoms with Gasteiger partial charge in [-0.1, -0.05) is 34.1 Å². The summed E-state index contributed by atoms with van der Waals surface area (Å²) in [7, 11) is 0. The molecule has 152 valence electrons. The van der Waals surface area contributed by atoms with Crippen LogP contribution in [0.5, 0.6) is 0 Å². The fourth-order valence-electron chi connectivity index (χ4n) is 3.19. The van der Waals surface area contributed by atoms with Crippen molar-refractivity contribution >= 4 is 44.5 Å². The molecule has 0 unspecified atom stereocenters. The molecule has 4 rings (SSSR count). The predicted molar refractivity (Wildman–Crippen MR) is 117 cm³/mol. The number of nitrogens with zero attached hydrogens (tertiary/aromatic N) is 2. The largest absolute Gasteiger partial charge is 0.459 e. The van der Waals surface area contributed by atoms with Gasteiger partial charge in [0.2, 0.25) is 5.91 Å². The van der Waals surface area contributed by atoms with Gasteiger partial charge in [0.05, 0.1) is 17.3 Å². The number of benzene rings is 2. The van der Waals surface area contributed by atoms with Crippen molar-refractivity contribution in [1.29, 1.82) is 0 Å². The van der Waals surface area contributed by atoms with E-state index in [1.165, 1.54) is 6.26 Å². The Bertz CT molecular complexity index is 1180. The first-order valence-electron chi connectivity index (χ1n) is 9.41. The maximum absolute atomic E-state index is 12.7. The number of furan rings is 1. The molecule has 2 aromatic heterocycles. The zero-order chi connectivity index (χ0) is 20.9. The number of nitrogens with one attached hydrogen (secondary N) is 2. The molecule has 0 aliphatic rings. The van der Waals surface area contributed by atoms with E-state index < -0.39 is 0 Å². The lowest BCUT2D eigenvalue weighted by Gasteiger charge is -2.11. The molecule has 0 atom stereocenters. The molecular weight excluding hydrogens is 448 g/mol. The molecule has 0 bridgehead atoms. The number of amides is 2. The van der Waals surface area contributed by atoms with Gasteiger partial charge in [-0.2, -0.15) is 0 Å². The van der Waals surface area contributed by atoms with Gasteiger partial charge in [0.1, 0.15) is 12.4 Å². The zero-order valence-electron chi connectivity index (χ0n) is 16.0. The molecule has 2 amide bonds. The summed E-state index contributed by atoms with van der Waals surface area (Å²) >= 11 is 3.40. The van der Waals surface area contributed by atoms with Gasteiger partial charge in [-0.15, -0.1) is 0 Å². The lowest BCUT2D eigenvalue weighted by Crippen LogP contribution is -2.27. The Morgan fingerprint density at radius 3 is 2.73 bits per heavy atom. The Hall–Kier alpha value is -3.39. The van der Waals surface area contributed by atoms with E-state index in [0.717, 1.165) is 21.3 Å². The molecule has 0 radical (unpaired) electrons. The molecule has 0 spiro atoms. The maximum atomic E-state index is 12.7. The van der Waals surface area contributed by atoms with E-state index in [2.05, 4.69) is 31.5 Å². The van der Waals surface area contributed by atoms with Gasteiger partial charge >= 0.3 is 0 Å². The van der Waals surface area contributed by atoms with Gasteiger partial charge in [0, 0.05) is 23.1 Å². The number of anilines is 1. The third kappa shape index (κ3) is 4.60. The molecule has 0 aliphatic heterocycles. The molecule has 7 nitrogen and oxygen atoms in total. The van der Waals surface area contributed by atoms with Crippen molar-refractivity contribution in [2.75, 3.05) is 11.9 Å². The van der Waals surface area contributed by atoms with Crippen molar-refractivity contribution in [3.63, 3.8) is 0 Å². The van der Waals surface area contributed by atoms with Crippen molar-refractivity contribution < 1.29 is 14.0 Å². The number of para-hydroxylation sites is 2. The average Bonchev–Trinajstić information content (AvgIpc) is 3.37. The van der Waals surface area contributed by atoms with Crippen molar-refractivity contribution in [1.82, 2.24) is 14.9 Å². The highest BCUT2D eigenvalue weighted by Crippen LogP contribution is 2.18. The summed E-state index contributed by atoms with van der Waals surface area (Å²) in [5.74, 6) is 0.546. The normalized spacial score (nSPS) is 10.8. The zero-order valence-corrected chi connectivity index (χ0v) is 17.6. The third-order valence-corrected chi connectivity index (χ3v) is 5.02. The maximum Gasteiger partial charge on any atom is 0.286 e. The molecule has 0 aliphatic carbocycles. The Labute approximate surface area is 181 Å². The van der Waals surface area contributed by atoms with Crippen molar-refractivity contribution in [2.24, 2.45) is 0 Å². The van der Waals surface area contributed by atoms with E-state index in [0.29, 0.717) is 18.7 Å². The van der Waals surface area contributed by atoms with Crippen LogP contribution in [0.2, 0.25) is 0 Å². The Morgan fingerprint density at radius 2 is 1.93 bits per heavy atom. The van der Waals surface area contributed by atoms with Gasteiger partial charge in [0.25, 0.3) is 5.91 Å². The van der Waals surface area contributed by atoms with Gasteiger partial charge < -0.3 is 19.6 Å². The van der Waals surface area contributed by atoms with Crippen molar-refractivity contribution in [3.8, 4) is 0 Å². The number of halogens is 1. The molecule has 8 heteroatoms. The number of rotatable bonds is 7. The summed E-state index contributed by atoms with van der Waals surface area (Å²) in [5, 5.41) is 5.72. The lowest BCUT2D eigenvalue weighted by atomic mass is 10.3. The molecule has 0 saturated heterocycles. The van der Waals surface area contributed by atoms with Crippen LogP contribution in [-0.4, -0.2) is 27.9 Å². The minimum absolute atomic E-state index is 0.120. The van der Waals surface area contributed by atoms with Gasteiger partial charge in [-0.05, 0) is 42.5 Å². The van der Waals surface area contributed by atoms with E-state index >= 15 is 0 Å². The minimum atomic E-state index is -0.282. The highest BCUT2D eigenvalue weighted by molar-refractivity contribution is 9.10. The Kier molecular flexibility index (Phi) is 5.94. The van der Waals surface area contributed by atoms with E-state index in [9.17, 15) is 9.59 Å². The monoisotopic (exact) mass is 466 g/mol. The summed E-state index contributed by atoms with van der Waals surface area (Å²) in [6.07, 6.45) is 1.93.